The second-order valence-corrected chi connectivity index (χ2v) is 8.73. The van der Waals surface area contributed by atoms with E-state index >= 15 is 0 Å². The van der Waals surface area contributed by atoms with Crippen LogP contribution in [0, 0.1) is 6.92 Å². The van der Waals surface area contributed by atoms with Gasteiger partial charge in [-0.25, -0.2) is 19.7 Å². The number of pyridine rings is 1. The Balaban J connectivity index is 1.35. The predicted octanol–water partition coefficient (Wildman–Crippen LogP) is 3.10. The molecule has 194 valence electrons. The van der Waals surface area contributed by atoms with Crippen molar-refractivity contribution in [2.75, 3.05) is 62.7 Å². The summed E-state index contributed by atoms with van der Waals surface area (Å²) in [5.74, 6) is 1.03. The summed E-state index contributed by atoms with van der Waals surface area (Å²) < 4.78 is 21.3. The molecule has 0 spiro atoms. The van der Waals surface area contributed by atoms with Crippen molar-refractivity contribution in [2.45, 2.75) is 19.9 Å². The van der Waals surface area contributed by atoms with E-state index in [1.165, 1.54) is 7.11 Å². The Kier molecular flexibility index (Phi) is 7.22. The lowest BCUT2D eigenvalue weighted by Gasteiger charge is -2.32. The Morgan fingerprint density at radius 1 is 1.22 bits per heavy atom. The van der Waals surface area contributed by atoms with Gasteiger partial charge in [-0.15, -0.1) is 0 Å². The number of anilines is 4. The highest BCUT2D eigenvalue weighted by Gasteiger charge is 2.24. The quantitative estimate of drug-likeness (QED) is 0.346. The predicted molar refractivity (Wildman–Crippen MR) is 138 cm³/mol. The van der Waals surface area contributed by atoms with Gasteiger partial charge in [0, 0.05) is 37.6 Å². The molecule has 0 atom stereocenters. The van der Waals surface area contributed by atoms with Crippen LogP contribution in [0.3, 0.4) is 0 Å². The highest BCUT2D eigenvalue weighted by molar-refractivity contribution is 5.93. The summed E-state index contributed by atoms with van der Waals surface area (Å²) in [6.45, 7) is 5.68. The molecule has 37 heavy (non-hydrogen) atoms. The number of fused-ring (bicyclic) bond motifs is 2. The van der Waals surface area contributed by atoms with Crippen LogP contribution in [0.15, 0.2) is 30.6 Å². The van der Waals surface area contributed by atoms with Gasteiger partial charge in [0.25, 0.3) is 0 Å². The van der Waals surface area contributed by atoms with Gasteiger partial charge in [-0.1, -0.05) is 0 Å². The Labute approximate surface area is 215 Å². The minimum Gasteiger partial charge on any atom is -0.490 e. The smallest absolute Gasteiger partial charge is 0.341 e. The van der Waals surface area contributed by atoms with Crippen LogP contribution in [0.5, 0.6) is 11.6 Å². The number of aromatic nitrogens is 3. The fourth-order valence-electron chi connectivity index (χ4n) is 4.47. The molecule has 2 aliphatic heterocycles. The molecule has 0 aliphatic carbocycles. The van der Waals surface area contributed by atoms with Gasteiger partial charge in [0.05, 0.1) is 37.8 Å². The number of rotatable bonds is 8. The van der Waals surface area contributed by atoms with Crippen molar-refractivity contribution in [3.05, 3.63) is 53.0 Å². The highest BCUT2D eigenvalue weighted by Crippen LogP contribution is 2.36. The van der Waals surface area contributed by atoms with Crippen LogP contribution < -0.4 is 25.0 Å². The standard InChI is InChI=1S/C26H30N6O5/c1-16-21(14-28-24-23(16)27-7-9-37-24)32-8-6-17-13-29-26(31-20(17)15-32)30-18-4-5-22(36-11-10-34-2)19(12-18)25(33)35-3/h4-5,12-14,27H,6-11,15H2,1-3H3,(H,29,30,31). The summed E-state index contributed by atoms with van der Waals surface area (Å²) in [5.41, 5.74) is 6.14. The molecule has 2 aliphatic rings. The number of methoxy groups -OCH3 is 2. The molecule has 11 nitrogen and oxygen atoms in total. The van der Waals surface area contributed by atoms with Crippen LogP contribution in [0.4, 0.5) is 23.0 Å². The average molecular weight is 507 g/mol. The van der Waals surface area contributed by atoms with Crippen molar-refractivity contribution in [1.29, 1.82) is 0 Å². The second-order valence-electron chi connectivity index (χ2n) is 8.73. The van der Waals surface area contributed by atoms with E-state index in [0.717, 1.165) is 47.7 Å². The Hall–Kier alpha value is -4.12. The van der Waals surface area contributed by atoms with Gasteiger partial charge >= 0.3 is 5.97 Å². The largest absolute Gasteiger partial charge is 0.490 e. The van der Waals surface area contributed by atoms with Gasteiger partial charge in [-0.05, 0) is 37.1 Å². The number of carbonyl (C=O) groups excluding carboxylic acids is 1. The van der Waals surface area contributed by atoms with Crippen LogP contribution in [0.1, 0.15) is 27.2 Å². The van der Waals surface area contributed by atoms with Crippen LogP contribution in [-0.2, 0) is 22.4 Å². The molecule has 1 aromatic carbocycles. The van der Waals surface area contributed by atoms with Crippen LogP contribution in [0.25, 0.3) is 0 Å². The fraction of sp³-hybridized carbons (Fsp3) is 0.385. The topological polar surface area (TPSA) is 120 Å². The first-order valence-electron chi connectivity index (χ1n) is 12.1. The van der Waals surface area contributed by atoms with E-state index in [0.29, 0.717) is 55.2 Å². The van der Waals surface area contributed by atoms with Crippen molar-refractivity contribution in [1.82, 2.24) is 15.0 Å². The number of hydrogen-bond donors (Lipinski definition) is 2. The van der Waals surface area contributed by atoms with Crippen molar-refractivity contribution < 1.29 is 23.7 Å². The molecule has 3 aromatic rings. The van der Waals surface area contributed by atoms with Crippen molar-refractivity contribution in [3.8, 4) is 11.6 Å². The van der Waals surface area contributed by atoms with Crippen LogP contribution in [0.2, 0.25) is 0 Å². The maximum Gasteiger partial charge on any atom is 0.341 e. The minimum atomic E-state index is -0.494. The molecule has 0 saturated carbocycles. The number of hydrogen-bond acceptors (Lipinski definition) is 11. The first-order valence-corrected chi connectivity index (χ1v) is 12.1. The Bertz CT molecular complexity index is 1300. The maximum absolute atomic E-state index is 12.3. The van der Waals surface area contributed by atoms with Crippen LogP contribution >= 0.6 is 0 Å². The van der Waals surface area contributed by atoms with Crippen molar-refractivity contribution in [2.24, 2.45) is 0 Å². The zero-order valence-electron chi connectivity index (χ0n) is 21.2. The van der Waals surface area contributed by atoms with E-state index < -0.39 is 5.97 Å². The fourth-order valence-corrected chi connectivity index (χ4v) is 4.47. The summed E-state index contributed by atoms with van der Waals surface area (Å²) in [7, 11) is 2.93. The summed E-state index contributed by atoms with van der Waals surface area (Å²) in [4.78, 5) is 28.4. The first-order chi connectivity index (χ1) is 18.1. The Morgan fingerprint density at radius 3 is 2.95 bits per heavy atom. The first kappa shape index (κ1) is 24.6. The van der Waals surface area contributed by atoms with Gasteiger partial charge in [-0.3, -0.25) is 0 Å². The van der Waals surface area contributed by atoms with Gasteiger partial charge in [0.1, 0.15) is 30.2 Å². The SMILES string of the molecule is COCCOc1ccc(Nc2ncc3c(n2)CN(c2cnc4c(c2C)NCCO4)CC3)cc1C(=O)OC. The molecule has 2 aromatic heterocycles. The van der Waals surface area contributed by atoms with E-state index in [4.69, 9.17) is 23.9 Å². The van der Waals surface area contributed by atoms with E-state index in [2.05, 4.69) is 32.4 Å². The van der Waals surface area contributed by atoms with Gasteiger partial charge in [0.2, 0.25) is 11.8 Å². The molecule has 11 heteroatoms. The molecule has 0 radical (unpaired) electrons. The molecule has 4 heterocycles. The van der Waals surface area contributed by atoms with Crippen molar-refractivity contribution in [3.63, 3.8) is 0 Å². The molecule has 5 rings (SSSR count). The lowest BCUT2D eigenvalue weighted by atomic mass is 10.0. The molecule has 0 unspecified atom stereocenters. The van der Waals surface area contributed by atoms with E-state index in [9.17, 15) is 4.79 Å². The lowest BCUT2D eigenvalue weighted by Crippen LogP contribution is -2.32. The zero-order chi connectivity index (χ0) is 25.8. The minimum absolute atomic E-state index is 0.306. The zero-order valence-corrected chi connectivity index (χ0v) is 21.2. The number of benzene rings is 1. The lowest BCUT2D eigenvalue weighted by molar-refractivity contribution is 0.0594. The summed E-state index contributed by atoms with van der Waals surface area (Å²) >= 11 is 0. The van der Waals surface area contributed by atoms with E-state index in [1.807, 2.05) is 12.4 Å². The second kappa shape index (κ2) is 10.9. The third-order valence-electron chi connectivity index (χ3n) is 6.39. The maximum atomic E-state index is 12.3. The van der Waals surface area contributed by atoms with Gasteiger partial charge in [-0.2, -0.15) is 0 Å². The summed E-state index contributed by atoms with van der Waals surface area (Å²) in [6.07, 6.45) is 4.56. The summed E-state index contributed by atoms with van der Waals surface area (Å²) in [6, 6.07) is 5.19. The number of esters is 1. The normalized spacial score (nSPS) is 14.1. The average Bonchev–Trinajstić information content (AvgIpc) is 2.93. The molecule has 0 amide bonds. The van der Waals surface area contributed by atoms with E-state index in [-0.39, 0.29) is 0 Å². The molecular weight excluding hydrogens is 476 g/mol. The number of nitrogens with one attached hydrogen (secondary N) is 2. The molecular formula is C26H30N6O5. The van der Waals surface area contributed by atoms with Crippen LogP contribution in [-0.4, -0.2) is 68.1 Å². The highest BCUT2D eigenvalue weighted by atomic mass is 16.5. The molecule has 0 fully saturated rings. The van der Waals surface area contributed by atoms with Gasteiger partial charge < -0.3 is 34.5 Å². The van der Waals surface area contributed by atoms with Crippen molar-refractivity contribution >= 4 is 29.0 Å². The molecule has 0 bridgehead atoms. The number of ether oxygens (including phenoxy) is 4. The third kappa shape index (κ3) is 5.21. The number of nitrogens with zero attached hydrogens (tertiary/aromatic N) is 4. The Morgan fingerprint density at radius 2 is 2.11 bits per heavy atom. The monoisotopic (exact) mass is 506 g/mol. The molecule has 2 N–H and O–H groups in total. The third-order valence-corrected chi connectivity index (χ3v) is 6.39. The molecule has 0 saturated heterocycles. The number of carbonyl (C=O) groups is 1. The van der Waals surface area contributed by atoms with E-state index in [1.54, 1.807) is 25.3 Å². The van der Waals surface area contributed by atoms with Gasteiger partial charge in [0.15, 0.2) is 0 Å². The summed E-state index contributed by atoms with van der Waals surface area (Å²) in [5, 5.41) is 6.61.